The highest BCUT2D eigenvalue weighted by atomic mass is 16.3. The molecule has 1 aliphatic carbocycles. The molecular weight excluding hydrogens is 248 g/mol. The molecule has 0 radical (unpaired) electrons. The summed E-state index contributed by atoms with van der Waals surface area (Å²) in [6.07, 6.45) is 10.6. The van der Waals surface area contributed by atoms with Crippen LogP contribution >= 0.6 is 0 Å². The first-order valence-corrected chi connectivity index (χ1v) is 8.75. The van der Waals surface area contributed by atoms with Crippen LogP contribution in [-0.2, 0) is 0 Å². The van der Waals surface area contributed by atoms with Gasteiger partial charge in [0.2, 0.25) is 0 Å². The predicted molar refractivity (Wildman–Crippen MR) is 87.1 cm³/mol. The number of hydrogen-bond donors (Lipinski definition) is 2. The molecule has 0 aromatic heterocycles. The molecule has 1 unspecified atom stereocenters. The molecule has 0 bridgehead atoms. The maximum atomic E-state index is 9.50. The van der Waals surface area contributed by atoms with E-state index in [2.05, 4.69) is 31.0 Å². The van der Waals surface area contributed by atoms with Crippen molar-refractivity contribution in [3.8, 4) is 0 Å². The zero-order chi connectivity index (χ0) is 14.8. The number of aliphatic hydroxyl groups is 1. The first kappa shape index (κ1) is 17.9. The van der Waals surface area contributed by atoms with Crippen LogP contribution in [0.4, 0.5) is 0 Å². The Balaban J connectivity index is 2.23. The second-order valence-electron chi connectivity index (χ2n) is 6.63. The molecule has 0 aromatic rings. The molecule has 0 heterocycles. The summed E-state index contributed by atoms with van der Waals surface area (Å²) in [6.45, 7) is 10.1. The Morgan fingerprint density at radius 3 is 2.40 bits per heavy atom. The van der Waals surface area contributed by atoms with Crippen molar-refractivity contribution in [1.29, 1.82) is 0 Å². The van der Waals surface area contributed by atoms with Gasteiger partial charge in [-0.15, -0.1) is 0 Å². The number of aliphatic hydroxyl groups excluding tert-OH is 1. The molecule has 1 aliphatic rings. The van der Waals surface area contributed by atoms with E-state index in [1.807, 2.05) is 0 Å². The van der Waals surface area contributed by atoms with Crippen molar-refractivity contribution in [3.63, 3.8) is 0 Å². The lowest BCUT2D eigenvalue weighted by atomic mass is 9.93. The Morgan fingerprint density at radius 2 is 1.85 bits per heavy atom. The highest BCUT2D eigenvalue weighted by Gasteiger charge is 2.22. The largest absolute Gasteiger partial charge is 0.394 e. The summed E-state index contributed by atoms with van der Waals surface area (Å²) >= 11 is 0. The fourth-order valence-electron chi connectivity index (χ4n) is 3.53. The number of nitrogens with one attached hydrogen (secondary N) is 1. The summed E-state index contributed by atoms with van der Waals surface area (Å²) in [7, 11) is 0. The van der Waals surface area contributed by atoms with Gasteiger partial charge in [0, 0.05) is 11.6 Å². The highest BCUT2D eigenvalue weighted by molar-refractivity contribution is 4.82. The molecule has 0 aromatic carbocycles. The van der Waals surface area contributed by atoms with Crippen molar-refractivity contribution in [2.75, 3.05) is 26.2 Å². The minimum absolute atomic E-state index is 0.0867. The maximum absolute atomic E-state index is 9.50. The molecular formula is C17H36N2O. The van der Waals surface area contributed by atoms with Crippen LogP contribution in [0, 0.1) is 0 Å². The molecule has 0 amide bonds. The molecule has 3 heteroatoms. The minimum Gasteiger partial charge on any atom is -0.394 e. The maximum Gasteiger partial charge on any atom is 0.0610 e. The molecule has 2 N–H and O–H groups in total. The van der Waals surface area contributed by atoms with Crippen LogP contribution < -0.4 is 5.32 Å². The minimum atomic E-state index is -0.0867. The molecule has 1 rings (SSSR count). The molecule has 1 saturated carbocycles. The van der Waals surface area contributed by atoms with E-state index < -0.39 is 0 Å². The molecule has 1 fully saturated rings. The van der Waals surface area contributed by atoms with Gasteiger partial charge in [-0.1, -0.05) is 39.5 Å². The fourth-order valence-corrected chi connectivity index (χ4v) is 3.53. The van der Waals surface area contributed by atoms with Crippen LogP contribution in [0.1, 0.15) is 72.1 Å². The van der Waals surface area contributed by atoms with Gasteiger partial charge in [0.25, 0.3) is 0 Å². The predicted octanol–water partition coefficient (Wildman–Crippen LogP) is 3.17. The summed E-state index contributed by atoms with van der Waals surface area (Å²) in [5.74, 6) is 0. The Bertz CT molecular complexity index is 241. The first-order chi connectivity index (χ1) is 9.65. The van der Waals surface area contributed by atoms with E-state index >= 15 is 0 Å². The van der Waals surface area contributed by atoms with Crippen molar-refractivity contribution in [3.05, 3.63) is 0 Å². The lowest BCUT2D eigenvalue weighted by Crippen LogP contribution is -2.45. The van der Waals surface area contributed by atoms with Gasteiger partial charge in [0.05, 0.1) is 6.61 Å². The third-order valence-electron chi connectivity index (χ3n) is 4.87. The van der Waals surface area contributed by atoms with E-state index in [1.54, 1.807) is 0 Å². The van der Waals surface area contributed by atoms with E-state index in [0.717, 1.165) is 19.0 Å². The second kappa shape index (κ2) is 9.75. The molecule has 120 valence electrons. The topological polar surface area (TPSA) is 35.5 Å². The number of rotatable bonds is 10. The third kappa shape index (κ3) is 6.11. The zero-order valence-electron chi connectivity index (χ0n) is 14.0. The quantitative estimate of drug-likeness (QED) is 0.605. The monoisotopic (exact) mass is 284 g/mol. The molecule has 0 saturated heterocycles. The lowest BCUT2D eigenvalue weighted by Gasteiger charge is -2.34. The number of nitrogens with zero attached hydrogens (tertiary/aromatic N) is 1. The standard InChI is InChI=1S/C17H36N2O/c1-4-18-17(3,15-20)13-9-10-14-19(5-2)16-11-7-6-8-12-16/h16,18,20H,4-15H2,1-3H3. The summed E-state index contributed by atoms with van der Waals surface area (Å²) in [6, 6.07) is 0.840. The van der Waals surface area contributed by atoms with E-state index in [1.165, 1.54) is 58.0 Å². The van der Waals surface area contributed by atoms with E-state index in [4.69, 9.17) is 0 Å². The summed E-state index contributed by atoms with van der Waals surface area (Å²) in [5.41, 5.74) is -0.0867. The average Bonchev–Trinajstić information content (AvgIpc) is 2.48. The Labute approximate surface area is 126 Å². The fraction of sp³-hybridized carbons (Fsp3) is 1.00. The van der Waals surface area contributed by atoms with Gasteiger partial charge in [-0.05, 0) is 52.2 Å². The van der Waals surface area contributed by atoms with E-state index in [-0.39, 0.29) is 12.1 Å². The van der Waals surface area contributed by atoms with Crippen LogP contribution in [0.15, 0.2) is 0 Å². The Kier molecular flexibility index (Phi) is 8.74. The number of likely N-dealkylation sites (N-methyl/N-ethyl adjacent to an activating group) is 1. The van der Waals surface area contributed by atoms with Gasteiger partial charge < -0.3 is 15.3 Å². The average molecular weight is 284 g/mol. The zero-order valence-corrected chi connectivity index (χ0v) is 14.0. The van der Waals surface area contributed by atoms with Crippen molar-refractivity contribution < 1.29 is 5.11 Å². The number of unbranched alkanes of at least 4 members (excludes halogenated alkanes) is 1. The van der Waals surface area contributed by atoms with E-state index in [9.17, 15) is 5.11 Å². The van der Waals surface area contributed by atoms with Gasteiger partial charge in [0.15, 0.2) is 0 Å². The SMILES string of the molecule is CCNC(C)(CO)CCCCN(CC)C1CCCCC1. The first-order valence-electron chi connectivity index (χ1n) is 8.75. The van der Waals surface area contributed by atoms with Crippen molar-refractivity contribution in [1.82, 2.24) is 10.2 Å². The summed E-state index contributed by atoms with van der Waals surface area (Å²) < 4.78 is 0. The Hall–Kier alpha value is -0.120. The van der Waals surface area contributed by atoms with Crippen LogP contribution in [-0.4, -0.2) is 47.8 Å². The molecule has 0 aliphatic heterocycles. The van der Waals surface area contributed by atoms with Gasteiger partial charge in [-0.2, -0.15) is 0 Å². The lowest BCUT2D eigenvalue weighted by molar-refractivity contribution is 0.147. The Morgan fingerprint density at radius 1 is 1.15 bits per heavy atom. The van der Waals surface area contributed by atoms with Crippen LogP contribution in [0.3, 0.4) is 0 Å². The van der Waals surface area contributed by atoms with Gasteiger partial charge >= 0.3 is 0 Å². The normalized spacial score (nSPS) is 20.2. The van der Waals surface area contributed by atoms with Crippen molar-refractivity contribution in [2.24, 2.45) is 0 Å². The van der Waals surface area contributed by atoms with Crippen LogP contribution in [0.5, 0.6) is 0 Å². The highest BCUT2D eigenvalue weighted by Crippen LogP contribution is 2.23. The molecule has 0 spiro atoms. The summed E-state index contributed by atoms with van der Waals surface area (Å²) in [5, 5.41) is 12.9. The van der Waals surface area contributed by atoms with Crippen LogP contribution in [0.25, 0.3) is 0 Å². The second-order valence-corrected chi connectivity index (χ2v) is 6.63. The van der Waals surface area contributed by atoms with Crippen LogP contribution in [0.2, 0.25) is 0 Å². The van der Waals surface area contributed by atoms with Gasteiger partial charge in [0.1, 0.15) is 0 Å². The smallest absolute Gasteiger partial charge is 0.0610 e. The van der Waals surface area contributed by atoms with Crippen molar-refractivity contribution in [2.45, 2.75) is 83.7 Å². The molecule has 1 atom stereocenters. The third-order valence-corrected chi connectivity index (χ3v) is 4.87. The molecule has 20 heavy (non-hydrogen) atoms. The summed E-state index contributed by atoms with van der Waals surface area (Å²) in [4.78, 5) is 2.68. The van der Waals surface area contributed by atoms with Gasteiger partial charge in [-0.3, -0.25) is 0 Å². The van der Waals surface area contributed by atoms with Gasteiger partial charge in [-0.25, -0.2) is 0 Å². The van der Waals surface area contributed by atoms with E-state index in [0.29, 0.717) is 0 Å². The number of hydrogen-bond acceptors (Lipinski definition) is 3. The van der Waals surface area contributed by atoms with Crippen molar-refractivity contribution >= 4 is 0 Å². The molecule has 3 nitrogen and oxygen atoms in total.